The Bertz CT molecular complexity index is 683. The van der Waals surface area contributed by atoms with Crippen molar-refractivity contribution in [2.45, 2.75) is 45.8 Å². The molecule has 0 saturated carbocycles. The van der Waals surface area contributed by atoms with E-state index in [9.17, 15) is 5.11 Å². The lowest BCUT2D eigenvalue weighted by molar-refractivity contribution is 0.0467. The van der Waals surface area contributed by atoms with E-state index in [0.29, 0.717) is 12.6 Å². The highest BCUT2D eigenvalue weighted by atomic mass is 16.5. The lowest BCUT2D eigenvalue weighted by atomic mass is 10.1. The van der Waals surface area contributed by atoms with Gasteiger partial charge in [-0.1, -0.05) is 19.1 Å². The van der Waals surface area contributed by atoms with Gasteiger partial charge in [0.1, 0.15) is 17.3 Å². The molecule has 0 aliphatic carbocycles. The van der Waals surface area contributed by atoms with Gasteiger partial charge in [-0.05, 0) is 43.2 Å². The van der Waals surface area contributed by atoms with Gasteiger partial charge in [0, 0.05) is 45.2 Å². The number of ether oxygens (including phenoxy) is 1. The van der Waals surface area contributed by atoms with Crippen LogP contribution in [0.4, 0.5) is 0 Å². The van der Waals surface area contributed by atoms with E-state index in [4.69, 9.17) is 9.15 Å². The molecule has 1 atom stereocenters. The quantitative estimate of drug-likeness (QED) is 0.732. The molecule has 3 rings (SSSR count). The number of hydrogen-bond acceptors (Lipinski definition) is 5. The number of aryl methyl sites for hydroxylation is 1. The van der Waals surface area contributed by atoms with Crippen LogP contribution in [0.25, 0.3) is 0 Å². The number of piperazine rings is 1. The summed E-state index contributed by atoms with van der Waals surface area (Å²) < 4.78 is 11.4. The first-order chi connectivity index (χ1) is 13.2. The molecule has 1 saturated heterocycles. The molecule has 0 amide bonds. The lowest BCUT2D eigenvalue weighted by Crippen LogP contribution is -2.52. The molecule has 1 aromatic carbocycles. The topological polar surface area (TPSA) is 49.1 Å². The predicted octanol–water partition coefficient (Wildman–Crippen LogP) is 3.31. The molecule has 1 fully saturated rings. The van der Waals surface area contributed by atoms with E-state index in [0.717, 1.165) is 62.8 Å². The number of hydrogen-bond donors (Lipinski definition) is 1. The van der Waals surface area contributed by atoms with E-state index < -0.39 is 0 Å². The number of rotatable bonds is 9. The minimum Gasteiger partial charge on any atom is -0.494 e. The molecule has 27 heavy (non-hydrogen) atoms. The van der Waals surface area contributed by atoms with E-state index in [1.54, 1.807) is 0 Å². The molecule has 5 heteroatoms. The standard InChI is InChI=1S/C22H32N2O3/c1-3-20-9-10-22(27-20)17-23-12-13-24(19(16-23)11-14-25)15-18-5-7-21(8-6-18)26-4-2/h5-10,19,25H,3-4,11-17H2,1-2H3. The molecule has 2 aromatic rings. The predicted molar refractivity (Wildman–Crippen MR) is 107 cm³/mol. The maximum atomic E-state index is 9.53. The van der Waals surface area contributed by atoms with Crippen molar-refractivity contribution < 1.29 is 14.3 Å². The van der Waals surface area contributed by atoms with Crippen molar-refractivity contribution in [1.82, 2.24) is 9.80 Å². The molecule has 1 unspecified atom stereocenters. The first-order valence-corrected chi connectivity index (χ1v) is 10.1. The van der Waals surface area contributed by atoms with Crippen LogP contribution in [0, 0.1) is 0 Å². The first-order valence-electron chi connectivity index (χ1n) is 10.1. The molecular formula is C22H32N2O3. The summed E-state index contributed by atoms with van der Waals surface area (Å²) in [5.41, 5.74) is 1.29. The first kappa shape index (κ1) is 19.9. The molecule has 1 aliphatic heterocycles. The van der Waals surface area contributed by atoms with Crippen LogP contribution in [0.1, 0.15) is 37.4 Å². The van der Waals surface area contributed by atoms with Crippen molar-refractivity contribution in [3.8, 4) is 5.75 Å². The number of aliphatic hydroxyl groups excluding tert-OH is 1. The van der Waals surface area contributed by atoms with Gasteiger partial charge in [0.15, 0.2) is 0 Å². The van der Waals surface area contributed by atoms with Crippen molar-refractivity contribution in [1.29, 1.82) is 0 Å². The van der Waals surface area contributed by atoms with Crippen LogP contribution in [-0.2, 0) is 19.5 Å². The number of benzene rings is 1. The van der Waals surface area contributed by atoms with Crippen molar-refractivity contribution in [3.63, 3.8) is 0 Å². The minimum absolute atomic E-state index is 0.221. The Morgan fingerprint density at radius 1 is 1.04 bits per heavy atom. The van der Waals surface area contributed by atoms with Crippen LogP contribution in [0.15, 0.2) is 40.8 Å². The Balaban J connectivity index is 1.58. The third-order valence-electron chi connectivity index (χ3n) is 5.22. The van der Waals surface area contributed by atoms with Crippen molar-refractivity contribution in [3.05, 3.63) is 53.5 Å². The lowest BCUT2D eigenvalue weighted by Gasteiger charge is -2.41. The smallest absolute Gasteiger partial charge is 0.119 e. The summed E-state index contributed by atoms with van der Waals surface area (Å²) in [6, 6.07) is 12.9. The zero-order chi connectivity index (χ0) is 19.1. The second-order valence-corrected chi connectivity index (χ2v) is 7.17. The summed E-state index contributed by atoms with van der Waals surface area (Å²) in [7, 11) is 0. The fourth-order valence-corrected chi connectivity index (χ4v) is 3.74. The maximum absolute atomic E-state index is 9.53. The second-order valence-electron chi connectivity index (χ2n) is 7.17. The molecule has 0 spiro atoms. The Morgan fingerprint density at radius 2 is 1.81 bits per heavy atom. The van der Waals surface area contributed by atoms with Gasteiger partial charge in [0.2, 0.25) is 0 Å². The summed E-state index contributed by atoms with van der Waals surface area (Å²) in [4.78, 5) is 4.93. The highest BCUT2D eigenvalue weighted by molar-refractivity contribution is 5.27. The van der Waals surface area contributed by atoms with Crippen LogP contribution in [0.3, 0.4) is 0 Å². The largest absolute Gasteiger partial charge is 0.494 e. The molecule has 2 heterocycles. The van der Waals surface area contributed by atoms with E-state index in [1.165, 1.54) is 5.56 Å². The maximum Gasteiger partial charge on any atom is 0.119 e. The van der Waals surface area contributed by atoms with E-state index in [-0.39, 0.29) is 6.61 Å². The van der Waals surface area contributed by atoms with Gasteiger partial charge in [-0.2, -0.15) is 0 Å². The average Bonchev–Trinajstić information content (AvgIpc) is 3.13. The van der Waals surface area contributed by atoms with Gasteiger partial charge in [-0.25, -0.2) is 0 Å². The van der Waals surface area contributed by atoms with Crippen LogP contribution < -0.4 is 4.74 Å². The molecule has 5 nitrogen and oxygen atoms in total. The van der Waals surface area contributed by atoms with Crippen LogP contribution in [0.2, 0.25) is 0 Å². The summed E-state index contributed by atoms with van der Waals surface area (Å²) in [6.07, 6.45) is 1.73. The van der Waals surface area contributed by atoms with E-state index in [2.05, 4.69) is 41.0 Å². The zero-order valence-corrected chi connectivity index (χ0v) is 16.6. The van der Waals surface area contributed by atoms with Crippen LogP contribution in [-0.4, -0.2) is 53.8 Å². The van der Waals surface area contributed by atoms with Gasteiger partial charge >= 0.3 is 0 Å². The van der Waals surface area contributed by atoms with Gasteiger partial charge in [0.25, 0.3) is 0 Å². The number of aliphatic hydroxyl groups is 1. The molecule has 1 aliphatic rings. The Morgan fingerprint density at radius 3 is 2.48 bits per heavy atom. The third kappa shape index (κ3) is 5.58. The van der Waals surface area contributed by atoms with Gasteiger partial charge < -0.3 is 14.3 Å². The fourth-order valence-electron chi connectivity index (χ4n) is 3.74. The summed E-state index contributed by atoms with van der Waals surface area (Å²) in [6.45, 7) is 9.75. The van der Waals surface area contributed by atoms with Gasteiger partial charge in [-0.3, -0.25) is 9.80 Å². The molecule has 0 radical (unpaired) electrons. The molecule has 1 N–H and O–H groups in total. The molecular weight excluding hydrogens is 340 g/mol. The van der Waals surface area contributed by atoms with E-state index >= 15 is 0 Å². The second kappa shape index (κ2) is 9.93. The SMILES string of the molecule is CCOc1ccc(CN2CCN(Cc3ccc(CC)o3)CC2CCO)cc1. The minimum atomic E-state index is 0.221. The van der Waals surface area contributed by atoms with Crippen LogP contribution in [0.5, 0.6) is 5.75 Å². The Kier molecular flexibility index (Phi) is 7.33. The number of nitrogens with zero attached hydrogens (tertiary/aromatic N) is 2. The average molecular weight is 373 g/mol. The van der Waals surface area contributed by atoms with Crippen molar-refractivity contribution in [2.75, 3.05) is 32.8 Å². The fraction of sp³-hybridized carbons (Fsp3) is 0.545. The Labute approximate surface area is 162 Å². The number of furan rings is 1. The molecule has 0 bridgehead atoms. The van der Waals surface area contributed by atoms with Gasteiger partial charge in [-0.15, -0.1) is 0 Å². The summed E-state index contributed by atoms with van der Waals surface area (Å²) in [5, 5.41) is 9.53. The zero-order valence-electron chi connectivity index (χ0n) is 16.6. The van der Waals surface area contributed by atoms with Crippen molar-refractivity contribution in [2.24, 2.45) is 0 Å². The summed E-state index contributed by atoms with van der Waals surface area (Å²) in [5.74, 6) is 3.00. The highest BCUT2D eigenvalue weighted by Gasteiger charge is 2.27. The van der Waals surface area contributed by atoms with Crippen molar-refractivity contribution >= 4 is 0 Å². The molecule has 148 valence electrons. The normalized spacial score (nSPS) is 18.7. The third-order valence-corrected chi connectivity index (χ3v) is 5.22. The van der Waals surface area contributed by atoms with Crippen LogP contribution >= 0.6 is 0 Å². The summed E-state index contributed by atoms with van der Waals surface area (Å²) >= 11 is 0. The van der Waals surface area contributed by atoms with E-state index in [1.807, 2.05) is 19.1 Å². The monoisotopic (exact) mass is 372 g/mol. The highest BCUT2D eigenvalue weighted by Crippen LogP contribution is 2.20. The molecule has 1 aromatic heterocycles. The Hall–Kier alpha value is -1.82. The van der Waals surface area contributed by atoms with Gasteiger partial charge in [0.05, 0.1) is 13.2 Å².